The highest BCUT2D eigenvalue weighted by atomic mass is 19.1. The molecule has 1 aliphatic rings. The molecule has 1 fully saturated rings. The van der Waals surface area contributed by atoms with Crippen molar-refractivity contribution in [2.24, 2.45) is 0 Å². The number of amides is 1. The Morgan fingerprint density at radius 2 is 2.00 bits per heavy atom. The average molecular weight is 329 g/mol. The Kier molecular flexibility index (Phi) is 4.51. The molecule has 2 atom stereocenters. The maximum atomic E-state index is 13.6. The number of halogens is 1. The fourth-order valence-electron chi connectivity index (χ4n) is 2.97. The summed E-state index contributed by atoms with van der Waals surface area (Å²) in [5.74, 6) is -0.561. The third-order valence-corrected chi connectivity index (χ3v) is 4.20. The lowest BCUT2D eigenvalue weighted by Crippen LogP contribution is -2.39. The van der Waals surface area contributed by atoms with Crippen LogP contribution in [0.1, 0.15) is 29.2 Å². The van der Waals surface area contributed by atoms with Gasteiger partial charge in [0.1, 0.15) is 17.6 Å². The number of carbonyl (C=O) groups excluding carboxylic acids is 1. The van der Waals surface area contributed by atoms with E-state index in [4.69, 9.17) is 0 Å². The monoisotopic (exact) mass is 329 g/mol. The highest BCUT2D eigenvalue weighted by Gasteiger charge is 2.32. The minimum absolute atomic E-state index is 0.155. The molecule has 2 unspecified atom stereocenters. The van der Waals surface area contributed by atoms with E-state index in [0.717, 1.165) is 16.7 Å². The third-order valence-electron chi connectivity index (χ3n) is 4.20. The summed E-state index contributed by atoms with van der Waals surface area (Å²) in [7, 11) is 0. The standard InChI is InChI=1S/C18H20FN3O2/c1-10-7-11(2)17(23)12(8-10)15-9-16(22-21-15)18(24)20-14-6-4-3-5-13(14)19/h3-8,15-16,21-23H,9H2,1-2H3,(H,20,24). The van der Waals surface area contributed by atoms with Gasteiger partial charge < -0.3 is 10.4 Å². The summed E-state index contributed by atoms with van der Waals surface area (Å²) in [6.45, 7) is 3.80. The molecule has 1 aliphatic heterocycles. The highest BCUT2D eigenvalue weighted by molar-refractivity contribution is 5.95. The van der Waals surface area contributed by atoms with E-state index in [1.807, 2.05) is 26.0 Å². The first kappa shape index (κ1) is 16.4. The van der Waals surface area contributed by atoms with Crippen molar-refractivity contribution in [1.82, 2.24) is 10.9 Å². The lowest BCUT2D eigenvalue weighted by Gasteiger charge is -2.14. The van der Waals surface area contributed by atoms with Gasteiger partial charge in [-0.25, -0.2) is 15.2 Å². The second-order valence-corrected chi connectivity index (χ2v) is 6.12. The quantitative estimate of drug-likeness (QED) is 0.699. The van der Waals surface area contributed by atoms with E-state index in [9.17, 15) is 14.3 Å². The number of nitrogens with one attached hydrogen (secondary N) is 3. The Hall–Kier alpha value is -2.44. The first-order chi connectivity index (χ1) is 11.5. The summed E-state index contributed by atoms with van der Waals surface area (Å²) in [6, 6.07) is 9.14. The number of hydrogen-bond donors (Lipinski definition) is 4. The molecule has 2 aromatic carbocycles. The predicted octanol–water partition coefficient (Wildman–Crippen LogP) is 2.69. The van der Waals surface area contributed by atoms with Crippen molar-refractivity contribution in [3.63, 3.8) is 0 Å². The van der Waals surface area contributed by atoms with E-state index in [-0.39, 0.29) is 23.4 Å². The van der Waals surface area contributed by atoms with Gasteiger partial charge in [0.25, 0.3) is 0 Å². The Labute approximate surface area is 139 Å². The number of aromatic hydroxyl groups is 1. The SMILES string of the molecule is Cc1cc(C)c(O)c(C2CC(C(=O)Nc3ccccc3F)NN2)c1. The molecule has 126 valence electrons. The second kappa shape index (κ2) is 6.59. The largest absolute Gasteiger partial charge is 0.507 e. The van der Waals surface area contributed by atoms with E-state index < -0.39 is 11.9 Å². The molecule has 6 heteroatoms. The molecule has 0 aromatic heterocycles. The van der Waals surface area contributed by atoms with E-state index in [2.05, 4.69) is 16.2 Å². The molecule has 0 spiro atoms. The van der Waals surface area contributed by atoms with Crippen LogP contribution in [-0.2, 0) is 4.79 Å². The normalized spacial score (nSPS) is 20.1. The molecule has 0 radical (unpaired) electrons. The summed E-state index contributed by atoms with van der Waals surface area (Å²) >= 11 is 0. The van der Waals surface area contributed by atoms with Gasteiger partial charge in [0.15, 0.2) is 0 Å². The molecular formula is C18H20FN3O2. The van der Waals surface area contributed by atoms with E-state index >= 15 is 0 Å². The van der Waals surface area contributed by atoms with Gasteiger partial charge in [0.05, 0.1) is 11.7 Å². The third kappa shape index (κ3) is 3.25. The van der Waals surface area contributed by atoms with Crippen molar-refractivity contribution in [1.29, 1.82) is 0 Å². The van der Waals surface area contributed by atoms with Crippen LogP contribution in [0.4, 0.5) is 10.1 Å². The van der Waals surface area contributed by atoms with Crippen molar-refractivity contribution in [3.8, 4) is 5.75 Å². The fourth-order valence-corrected chi connectivity index (χ4v) is 2.97. The lowest BCUT2D eigenvalue weighted by atomic mass is 9.96. The van der Waals surface area contributed by atoms with Crippen molar-refractivity contribution in [2.75, 3.05) is 5.32 Å². The predicted molar refractivity (Wildman–Crippen MR) is 90.0 cm³/mol. The van der Waals surface area contributed by atoms with E-state index in [1.54, 1.807) is 12.1 Å². The molecule has 1 saturated heterocycles. The number of rotatable bonds is 3. The lowest BCUT2D eigenvalue weighted by molar-refractivity contribution is -0.117. The van der Waals surface area contributed by atoms with Crippen molar-refractivity contribution in [2.45, 2.75) is 32.4 Å². The molecule has 1 heterocycles. The number of hydrazine groups is 1. The summed E-state index contributed by atoms with van der Waals surface area (Å²) in [5, 5.41) is 12.8. The van der Waals surface area contributed by atoms with Crippen LogP contribution in [0.15, 0.2) is 36.4 Å². The van der Waals surface area contributed by atoms with Crippen LogP contribution >= 0.6 is 0 Å². The molecule has 0 saturated carbocycles. The van der Waals surface area contributed by atoms with Gasteiger partial charge in [-0.2, -0.15) is 0 Å². The molecule has 24 heavy (non-hydrogen) atoms. The van der Waals surface area contributed by atoms with Crippen molar-refractivity contribution < 1.29 is 14.3 Å². The molecule has 5 nitrogen and oxygen atoms in total. The molecule has 0 bridgehead atoms. The van der Waals surface area contributed by atoms with Gasteiger partial charge in [0, 0.05) is 5.56 Å². The van der Waals surface area contributed by atoms with Crippen molar-refractivity contribution >= 4 is 11.6 Å². The molecule has 0 aliphatic carbocycles. The van der Waals surface area contributed by atoms with E-state index in [0.29, 0.717) is 6.42 Å². The summed E-state index contributed by atoms with van der Waals surface area (Å²) in [5.41, 5.74) is 8.70. The maximum Gasteiger partial charge on any atom is 0.243 e. The molecular weight excluding hydrogens is 309 g/mol. The summed E-state index contributed by atoms with van der Waals surface area (Å²) < 4.78 is 13.6. The summed E-state index contributed by atoms with van der Waals surface area (Å²) in [6.07, 6.45) is 0.455. The zero-order valence-electron chi connectivity index (χ0n) is 13.6. The van der Waals surface area contributed by atoms with Crippen LogP contribution in [-0.4, -0.2) is 17.1 Å². The van der Waals surface area contributed by atoms with Gasteiger partial charge in [-0.1, -0.05) is 29.8 Å². The second-order valence-electron chi connectivity index (χ2n) is 6.12. The van der Waals surface area contributed by atoms with Gasteiger partial charge in [-0.05, 0) is 38.0 Å². The Balaban J connectivity index is 1.72. The number of anilines is 1. The average Bonchev–Trinajstić information content (AvgIpc) is 3.03. The molecule has 1 amide bonds. The van der Waals surface area contributed by atoms with Gasteiger partial charge in [-0.3, -0.25) is 4.79 Å². The Morgan fingerprint density at radius 3 is 2.75 bits per heavy atom. The van der Waals surface area contributed by atoms with Crippen LogP contribution in [0.5, 0.6) is 5.75 Å². The Bertz CT molecular complexity index is 779. The molecule has 3 rings (SSSR count). The van der Waals surface area contributed by atoms with E-state index in [1.165, 1.54) is 12.1 Å². The zero-order valence-corrected chi connectivity index (χ0v) is 13.6. The zero-order chi connectivity index (χ0) is 17.3. The summed E-state index contributed by atoms with van der Waals surface area (Å²) in [4.78, 5) is 12.3. The van der Waals surface area contributed by atoms with Gasteiger partial charge in [0.2, 0.25) is 5.91 Å². The number of hydrogen-bond acceptors (Lipinski definition) is 4. The van der Waals surface area contributed by atoms with Crippen LogP contribution in [0, 0.1) is 19.7 Å². The van der Waals surface area contributed by atoms with Crippen molar-refractivity contribution in [3.05, 3.63) is 58.9 Å². The highest BCUT2D eigenvalue weighted by Crippen LogP contribution is 2.33. The smallest absolute Gasteiger partial charge is 0.243 e. The molecule has 2 aromatic rings. The van der Waals surface area contributed by atoms with Crippen LogP contribution in [0.3, 0.4) is 0 Å². The number of phenolic OH excluding ortho intramolecular Hbond substituents is 1. The number of phenols is 1. The number of aryl methyl sites for hydroxylation is 2. The first-order valence-electron chi connectivity index (χ1n) is 7.82. The number of para-hydroxylation sites is 1. The van der Waals surface area contributed by atoms with Gasteiger partial charge >= 0.3 is 0 Å². The molecule has 4 N–H and O–H groups in total. The topological polar surface area (TPSA) is 73.4 Å². The van der Waals surface area contributed by atoms with Gasteiger partial charge in [-0.15, -0.1) is 0 Å². The van der Waals surface area contributed by atoms with Crippen LogP contribution in [0.25, 0.3) is 0 Å². The number of carbonyl (C=O) groups is 1. The number of benzene rings is 2. The minimum atomic E-state index is -0.519. The Morgan fingerprint density at radius 1 is 1.25 bits per heavy atom. The maximum absolute atomic E-state index is 13.6. The van der Waals surface area contributed by atoms with Crippen LogP contribution in [0.2, 0.25) is 0 Å². The fraction of sp³-hybridized carbons (Fsp3) is 0.278. The first-order valence-corrected chi connectivity index (χ1v) is 7.82. The van der Waals surface area contributed by atoms with Crippen LogP contribution < -0.4 is 16.2 Å². The minimum Gasteiger partial charge on any atom is -0.507 e.